The van der Waals surface area contributed by atoms with E-state index in [1.165, 1.54) is 0 Å². The summed E-state index contributed by atoms with van der Waals surface area (Å²) in [6, 6.07) is 10.8. The average Bonchev–Trinajstić information content (AvgIpc) is 2.60. The Bertz CT molecular complexity index is 760. The number of nitrogens with zero attached hydrogens (tertiary/aromatic N) is 1. The summed E-state index contributed by atoms with van der Waals surface area (Å²) in [5.74, 6) is -0.528. The molecular formula is C20H23FN2O2. The van der Waals surface area contributed by atoms with Gasteiger partial charge in [0.25, 0.3) is 5.91 Å². The Kier molecular flexibility index (Phi) is 5.04. The molecule has 0 radical (unpaired) electrons. The molecule has 2 aromatic carbocycles. The molecule has 4 nitrogen and oxygen atoms in total. The normalized spacial score (nSPS) is 15.3. The zero-order chi connectivity index (χ0) is 18.0. The van der Waals surface area contributed by atoms with Crippen molar-refractivity contribution in [3.05, 3.63) is 58.9 Å². The zero-order valence-corrected chi connectivity index (χ0v) is 14.6. The van der Waals surface area contributed by atoms with Crippen molar-refractivity contribution in [2.45, 2.75) is 32.8 Å². The molecule has 5 heteroatoms. The van der Waals surface area contributed by atoms with E-state index < -0.39 is 0 Å². The van der Waals surface area contributed by atoms with Gasteiger partial charge in [-0.05, 0) is 62.1 Å². The molecule has 0 unspecified atom stereocenters. The van der Waals surface area contributed by atoms with Gasteiger partial charge < -0.3 is 15.3 Å². The Labute approximate surface area is 147 Å². The van der Waals surface area contributed by atoms with Crippen LogP contribution in [0.25, 0.3) is 0 Å². The second-order valence-corrected chi connectivity index (χ2v) is 6.61. The first-order valence-corrected chi connectivity index (χ1v) is 8.56. The highest BCUT2D eigenvalue weighted by Gasteiger charge is 2.20. The van der Waals surface area contributed by atoms with E-state index in [0.717, 1.165) is 37.3 Å². The van der Waals surface area contributed by atoms with Crippen LogP contribution in [0.2, 0.25) is 0 Å². The Hall–Kier alpha value is -2.40. The molecule has 1 heterocycles. The summed E-state index contributed by atoms with van der Waals surface area (Å²) in [5, 5.41) is 12.6. The Morgan fingerprint density at radius 2 is 1.76 bits per heavy atom. The molecule has 0 atom stereocenters. The number of aliphatic hydroxyl groups excluding tert-OH is 1. The topological polar surface area (TPSA) is 52.6 Å². The number of carbonyl (C=O) groups excluding carboxylic acids is 1. The summed E-state index contributed by atoms with van der Waals surface area (Å²) in [7, 11) is 0. The number of rotatable bonds is 3. The fraction of sp³-hybridized carbons (Fsp3) is 0.350. The van der Waals surface area contributed by atoms with Gasteiger partial charge in [0.15, 0.2) is 0 Å². The maximum absolute atomic E-state index is 13.8. The molecule has 0 spiro atoms. The third-order valence-corrected chi connectivity index (χ3v) is 4.66. The fourth-order valence-electron chi connectivity index (χ4n) is 3.23. The van der Waals surface area contributed by atoms with Crippen LogP contribution < -0.4 is 10.2 Å². The van der Waals surface area contributed by atoms with Crippen LogP contribution in [0.5, 0.6) is 0 Å². The minimum Gasteiger partial charge on any atom is -0.393 e. The lowest BCUT2D eigenvalue weighted by molar-refractivity contribution is 0.102. The Balaban J connectivity index is 1.82. The maximum Gasteiger partial charge on any atom is 0.255 e. The monoisotopic (exact) mass is 342 g/mol. The van der Waals surface area contributed by atoms with Gasteiger partial charge in [-0.3, -0.25) is 4.79 Å². The first-order valence-electron chi connectivity index (χ1n) is 8.56. The largest absolute Gasteiger partial charge is 0.393 e. The lowest BCUT2D eigenvalue weighted by Crippen LogP contribution is -2.36. The predicted octanol–water partition coefficient (Wildman–Crippen LogP) is 3.66. The van der Waals surface area contributed by atoms with Crippen molar-refractivity contribution in [3.63, 3.8) is 0 Å². The molecule has 0 saturated carbocycles. The van der Waals surface area contributed by atoms with E-state index in [2.05, 4.69) is 10.2 Å². The first kappa shape index (κ1) is 17.4. The van der Waals surface area contributed by atoms with Crippen LogP contribution in [0, 0.1) is 19.7 Å². The second-order valence-electron chi connectivity index (χ2n) is 6.61. The quantitative estimate of drug-likeness (QED) is 0.895. The van der Waals surface area contributed by atoms with E-state index in [-0.39, 0.29) is 17.8 Å². The van der Waals surface area contributed by atoms with Crippen molar-refractivity contribution in [2.24, 2.45) is 0 Å². The number of amides is 1. The number of hydrogen-bond acceptors (Lipinski definition) is 3. The number of halogens is 1. The van der Waals surface area contributed by atoms with E-state index in [1.807, 2.05) is 24.3 Å². The van der Waals surface area contributed by atoms with E-state index >= 15 is 0 Å². The third-order valence-electron chi connectivity index (χ3n) is 4.66. The molecule has 1 saturated heterocycles. The van der Waals surface area contributed by atoms with Gasteiger partial charge in [-0.25, -0.2) is 4.39 Å². The summed E-state index contributed by atoms with van der Waals surface area (Å²) in [4.78, 5) is 14.8. The predicted molar refractivity (Wildman–Crippen MR) is 97.7 cm³/mol. The van der Waals surface area contributed by atoms with Crippen molar-refractivity contribution in [1.29, 1.82) is 0 Å². The van der Waals surface area contributed by atoms with Crippen molar-refractivity contribution < 1.29 is 14.3 Å². The standard InChI is InChI=1S/C20H23FN2O2/c1-13-11-15(12-14(2)19(13)21)20(25)22-17-5-3-4-6-18(17)23-9-7-16(24)8-10-23/h3-6,11-12,16,24H,7-10H2,1-2H3,(H,22,25). The first-order chi connectivity index (χ1) is 12.0. The van der Waals surface area contributed by atoms with Gasteiger partial charge in [0.2, 0.25) is 0 Å². The van der Waals surface area contributed by atoms with Gasteiger partial charge in [-0.15, -0.1) is 0 Å². The number of nitrogens with one attached hydrogen (secondary N) is 1. The highest BCUT2D eigenvalue weighted by molar-refractivity contribution is 6.06. The molecule has 132 valence electrons. The minimum atomic E-state index is -0.274. The highest BCUT2D eigenvalue weighted by atomic mass is 19.1. The molecule has 0 aliphatic carbocycles. The van der Waals surface area contributed by atoms with Crippen LogP contribution >= 0.6 is 0 Å². The number of para-hydroxylation sites is 2. The lowest BCUT2D eigenvalue weighted by atomic mass is 10.1. The van der Waals surface area contributed by atoms with Crippen LogP contribution in [-0.4, -0.2) is 30.2 Å². The average molecular weight is 342 g/mol. The van der Waals surface area contributed by atoms with Crippen LogP contribution in [0.4, 0.5) is 15.8 Å². The maximum atomic E-state index is 13.8. The van der Waals surface area contributed by atoms with Gasteiger partial charge >= 0.3 is 0 Å². The number of aryl methyl sites for hydroxylation is 2. The SMILES string of the molecule is Cc1cc(C(=O)Nc2ccccc2N2CCC(O)CC2)cc(C)c1F. The minimum absolute atomic E-state index is 0.247. The van der Waals surface area contributed by atoms with Crippen molar-refractivity contribution >= 4 is 17.3 Å². The van der Waals surface area contributed by atoms with E-state index in [1.54, 1.807) is 26.0 Å². The Morgan fingerprint density at radius 1 is 1.16 bits per heavy atom. The number of hydrogen-bond donors (Lipinski definition) is 2. The second kappa shape index (κ2) is 7.23. The van der Waals surface area contributed by atoms with E-state index in [9.17, 15) is 14.3 Å². The lowest BCUT2D eigenvalue weighted by Gasteiger charge is -2.32. The van der Waals surface area contributed by atoms with Crippen LogP contribution in [0.3, 0.4) is 0 Å². The van der Waals surface area contributed by atoms with Crippen LogP contribution in [-0.2, 0) is 0 Å². The molecule has 3 rings (SSSR count). The summed E-state index contributed by atoms with van der Waals surface area (Å²) in [5.41, 5.74) is 3.04. The van der Waals surface area contributed by atoms with Gasteiger partial charge in [0.05, 0.1) is 17.5 Å². The fourth-order valence-corrected chi connectivity index (χ4v) is 3.23. The van der Waals surface area contributed by atoms with E-state index in [4.69, 9.17) is 0 Å². The molecule has 2 N–H and O–H groups in total. The summed E-state index contributed by atoms with van der Waals surface area (Å²) < 4.78 is 13.8. The zero-order valence-electron chi connectivity index (χ0n) is 14.6. The molecule has 0 bridgehead atoms. The van der Waals surface area contributed by atoms with Crippen molar-refractivity contribution in [2.75, 3.05) is 23.3 Å². The van der Waals surface area contributed by atoms with Crippen LogP contribution in [0.15, 0.2) is 36.4 Å². The van der Waals surface area contributed by atoms with Crippen molar-refractivity contribution in [3.8, 4) is 0 Å². The number of piperidine rings is 1. The summed E-state index contributed by atoms with van der Waals surface area (Å²) >= 11 is 0. The molecule has 1 fully saturated rings. The summed E-state index contributed by atoms with van der Waals surface area (Å²) in [6.45, 7) is 4.82. The molecule has 1 amide bonds. The van der Waals surface area contributed by atoms with Crippen LogP contribution in [0.1, 0.15) is 34.3 Å². The summed E-state index contributed by atoms with van der Waals surface area (Å²) in [6.07, 6.45) is 1.19. The molecule has 1 aliphatic heterocycles. The van der Waals surface area contributed by atoms with Crippen molar-refractivity contribution in [1.82, 2.24) is 0 Å². The van der Waals surface area contributed by atoms with E-state index in [0.29, 0.717) is 16.7 Å². The van der Waals surface area contributed by atoms with Gasteiger partial charge in [-0.2, -0.15) is 0 Å². The number of carbonyl (C=O) groups is 1. The van der Waals surface area contributed by atoms with Gasteiger partial charge in [-0.1, -0.05) is 12.1 Å². The Morgan fingerprint density at radius 3 is 2.40 bits per heavy atom. The molecule has 1 aliphatic rings. The number of benzene rings is 2. The number of aliphatic hydroxyl groups is 1. The smallest absolute Gasteiger partial charge is 0.255 e. The molecular weight excluding hydrogens is 319 g/mol. The number of anilines is 2. The highest BCUT2D eigenvalue weighted by Crippen LogP contribution is 2.29. The van der Waals surface area contributed by atoms with Gasteiger partial charge in [0.1, 0.15) is 5.82 Å². The molecule has 2 aromatic rings. The third kappa shape index (κ3) is 3.82. The van der Waals surface area contributed by atoms with Gasteiger partial charge in [0, 0.05) is 18.7 Å². The molecule has 0 aromatic heterocycles. The molecule has 25 heavy (non-hydrogen) atoms.